The summed E-state index contributed by atoms with van der Waals surface area (Å²) in [5.41, 5.74) is 0.292. The summed E-state index contributed by atoms with van der Waals surface area (Å²) in [6, 6.07) is 1.20. The number of likely N-dealkylation sites (N-methyl/N-ethyl adjacent to an activating group) is 1. The van der Waals surface area contributed by atoms with E-state index in [2.05, 4.69) is 58.8 Å². The molecule has 0 aliphatic heterocycles. The van der Waals surface area contributed by atoms with Gasteiger partial charge < -0.3 is 5.32 Å². The molecular weight excluding hydrogens is 196 g/mol. The highest BCUT2D eigenvalue weighted by atomic mass is 15.2. The van der Waals surface area contributed by atoms with Crippen molar-refractivity contribution in [1.29, 1.82) is 0 Å². The quantitative estimate of drug-likeness (QED) is 0.686. The summed E-state index contributed by atoms with van der Waals surface area (Å²) in [6.07, 6.45) is 3.60. The van der Waals surface area contributed by atoms with E-state index in [4.69, 9.17) is 0 Å². The van der Waals surface area contributed by atoms with E-state index in [1.165, 1.54) is 19.3 Å². The van der Waals surface area contributed by atoms with Gasteiger partial charge >= 0.3 is 0 Å². The molecule has 0 radical (unpaired) electrons. The van der Waals surface area contributed by atoms with Crippen LogP contribution < -0.4 is 5.32 Å². The number of hydrogen-bond acceptors (Lipinski definition) is 2. The van der Waals surface area contributed by atoms with E-state index in [0.717, 1.165) is 6.54 Å². The predicted molar refractivity (Wildman–Crippen MR) is 74.0 cm³/mol. The summed E-state index contributed by atoms with van der Waals surface area (Å²) >= 11 is 0. The Hall–Kier alpha value is -0.0800. The van der Waals surface area contributed by atoms with Crippen LogP contribution in [0.15, 0.2) is 0 Å². The minimum absolute atomic E-state index is 0.292. The Labute approximate surface area is 103 Å². The van der Waals surface area contributed by atoms with Gasteiger partial charge in [0.25, 0.3) is 0 Å². The molecule has 16 heavy (non-hydrogen) atoms. The van der Waals surface area contributed by atoms with Gasteiger partial charge in [-0.15, -0.1) is 0 Å². The van der Waals surface area contributed by atoms with Gasteiger partial charge in [0.2, 0.25) is 0 Å². The van der Waals surface area contributed by atoms with Crippen LogP contribution in [-0.4, -0.2) is 36.1 Å². The van der Waals surface area contributed by atoms with Crippen LogP contribution >= 0.6 is 0 Å². The third-order valence-electron chi connectivity index (χ3n) is 4.11. The molecule has 0 spiro atoms. The van der Waals surface area contributed by atoms with Crippen LogP contribution in [0.25, 0.3) is 0 Å². The van der Waals surface area contributed by atoms with Gasteiger partial charge in [-0.1, -0.05) is 20.8 Å². The number of hydrogen-bond donors (Lipinski definition) is 1. The molecule has 0 heterocycles. The molecule has 0 aromatic rings. The third kappa shape index (κ3) is 4.42. The summed E-state index contributed by atoms with van der Waals surface area (Å²) in [4.78, 5) is 2.52. The Morgan fingerprint density at radius 2 is 1.75 bits per heavy atom. The van der Waals surface area contributed by atoms with Gasteiger partial charge in [0.15, 0.2) is 0 Å². The average molecular weight is 228 g/mol. The maximum Gasteiger partial charge on any atom is 0.0223 e. The van der Waals surface area contributed by atoms with Gasteiger partial charge in [-0.25, -0.2) is 0 Å². The highest BCUT2D eigenvalue weighted by molar-refractivity contribution is 4.87. The van der Waals surface area contributed by atoms with Crippen molar-refractivity contribution in [2.45, 2.75) is 78.4 Å². The Morgan fingerprint density at radius 1 is 1.19 bits per heavy atom. The van der Waals surface area contributed by atoms with Crippen molar-refractivity contribution in [1.82, 2.24) is 10.2 Å². The molecule has 2 nitrogen and oxygen atoms in total. The Kier molecular flexibility index (Phi) is 7.25. The third-order valence-corrected chi connectivity index (χ3v) is 4.11. The largest absolute Gasteiger partial charge is 0.312 e. The van der Waals surface area contributed by atoms with Crippen molar-refractivity contribution in [3.8, 4) is 0 Å². The van der Waals surface area contributed by atoms with Gasteiger partial charge in [-0.3, -0.25) is 4.90 Å². The fourth-order valence-corrected chi connectivity index (χ4v) is 2.06. The lowest BCUT2D eigenvalue weighted by Gasteiger charge is -2.42. The lowest BCUT2D eigenvalue weighted by atomic mass is 9.95. The zero-order chi connectivity index (χ0) is 12.8. The molecule has 0 aromatic heterocycles. The molecule has 98 valence electrons. The molecule has 0 amide bonds. The van der Waals surface area contributed by atoms with Gasteiger partial charge in [-0.2, -0.15) is 0 Å². The van der Waals surface area contributed by atoms with Crippen LogP contribution in [0.3, 0.4) is 0 Å². The van der Waals surface area contributed by atoms with Crippen molar-refractivity contribution in [3.63, 3.8) is 0 Å². The first-order valence-electron chi connectivity index (χ1n) is 6.87. The van der Waals surface area contributed by atoms with Crippen LogP contribution in [0.1, 0.15) is 60.8 Å². The molecule has 0 aromatic carbocycles. The standard InChI is InChI=1S/C14H32N2/c1-8-11-15-13(9-2)12(4)16(7)14(5,6)10-3/h12-13,15H,8-11H2,1-7H3. The second-order valence-corrected chi connectivity index (χ2v) is 5.49. The van der Waals surface area contributed by atoms with Crippen LogP contribution in [0, 0.1) is 0 Å². The zero-order valence-corrected chi connectivity index (χ0v) is 12.4. The van der Waals surface area contributed by atoms with E-state index in [-0.39, 0.29) is 0 Å². The van der Waals surface area contributed by atoms with Crippen LogP contribution in [0.5, 0.6) is 0 Å². The first-order chi connectivity index (χ1) is 7.40. The fraction of sp³-hybridized carbons (Fsp3) is 1.00. The molecule has 0 aliphatic carbocycles. The topological polar surface area (TPSA) is 15.3 Å². The second-order valence-electron chi connectivity index (χ2n) is 5.49. The lowest BCUT2D eigenvalue weighted by molar-refractivity contribution is 0.0824. The number of rotatable bonds is 8. The Bertz CT molecular complexity index is 178. The van der Waals surface area contributed by atoms with Gasteiger partial charge in [0.1, 0.15) is 0 Å². The molecule has 0 fully saturated rings. The summed E-state index contributed by atoms with van der Waals surface area (Å²) in [6.45, 7) is 14.9. The Morgan fingerprint density at radius 3 is 2.12 bits per heavy atom. The van der Waals surface area contributed by atoms with E-state index in [1.807, 2.05) is 0 Å². The van der Waals surface area contributed by atoms with E-state index >= 15 is 0 Å². The maximum atomic E-state index is 3.65. The molecular formula is C14H32N2. The molecule has 0 saturated carbocycles. The van der Waals surface area contributed by atoms with Crippen LogP contribution in [0.4, 0.5) is 0 Å². The average Bonchev–Trinajstić information content (AvgIpc) is 2.28. The number of nitrogens with zero attached hydrogens (tertiary/aromatic N) is 1. The number of nitrogens with one attached hydrogen (secondary N) is 1. The van der Waals surface area contributed by atoms with Crippen molar-refractivity contribution >= 4 is 0 Å². The normalized spacial score (nSPS) is 16.5. The van der Waals surface area contributed by atoms with Crippen molar-refractivity contribution in [2.75, 3.05) is 13.6 Å². The van der Waals surface area contributed by atoms with Crippen molar-refractivity contribution in [2.24, 2.45) is 0 Å². The SMILES string of the molecule is CCCNC(CC)C(C)N(C)C(C)(C)CC. The summed E-state index contributed by atoms with van der Waals surface area (Å²) in [7, 11) is 2.25. The summed E-state index contributed by atoms with van der Waals surface area (Å²) in [5, 5.41) is 3.65. The molecule has 1 N–H and O–H groups in total. The first kappa shape index (κ1) is 15.9. The summed E-state index contributed by atoms with van der Waals surface area (Å²) < 4.78 is 0. The fourth-order valence-electron chi connectivity index (χ4n) is 2.06. The van der Waals surface area contributed by atoms with Crippen LogP contribution in [0.2, 0.25) is 0 Å². The zero-order valence-electron chi connectivity index (χ0n) is 12.4. The highest BCUT2D eigenvalue weighted by Crippen LogP contribution is 2.21. The van der Waals surface area contributed by atoms with Gasteiger partial charge in [-0.05, 0) is 53.6 Å². The molecule has 0 saturated heterocycles. The molecule has 0 bridgehead atoms. The van der Waals surface area contributed by atoms with E-state index in [1.54, 1.807) is 0 Å². The molecule has 2 heteroatoms. The monoisotopic (exact) mass is 228 g/mol. The van der Waals surface area contributed by atoms with Crippen LogP contribution in [-0.2, 0) is 0 Å². The molecule has 0 aliphatic rings. The second kappa shape index (κ2) is 7.29. The summed E-state index contributed by atoms with van der Waals surface area (Å²) in [5.74, 6) is 0. The maximum absolute atomic E-state index is 3.65. The van der Waals surface area contributed by atoms with Gasteiger partial charge in [0, 0.05) is 17.6 Å². The smallest absolute Gasteiger partial charge is 0.0223 e. The van der Waals surface area contributed by atoms with E-state index in [9.17, 15) is 0 Å². The van der Waals surface area contributed by atoms with Crippen molar-refractivity contribution < 1.29 is 0 Å². The molecule has 0 rings (SSSR count). The highest BCUT2D eigenvalue weighted by Gasteiger charge is 2.28. The van der Waals surface area contributed by atoms with E-state index in [0.29, 0.717) is 17.6 Å². The first-order valence-corrected chi connectivity index (χ1v) is 6.87. The minimum Gasteiger partial charge on any atom is -0.312 e. The lowest BCUT2D eigenvalue weighted by Crippen LogP contribution is -2.54. The molecule has 2 unspecified atom stereocenters. The van der Waals surface area contributed by atoms with Gasteiger partial charge in [0.05, 0.1) is 0 Å². The van der Waals surface area contributed by atoms with E-state index < -0.39 is 0 Å². The predicted octanol–water partition coefficient (Wildman–Crippen LogP) is 3.27. The van der Waals surface area contributed by atoms with Crippen molar-refractivity contribution in [3.05, 3.63) is 0 Å². The minimum atomic E-state index is 0.292. The molecule has 2 atom stereocenters. The Balaban J connectivity index is 4.42.